The summed E-state index contributed by atoms with van der Waals surface area (Å²) in [6.45, 7) is 5.33. The van der Waals surface area contributed by atoms with Crippen molar-refractivity contribution >= 4 is 5.91 Å². The standard InChI is InChI=1S/C7H16N2O/c1-6(4-8-3)5-9-7(2)10/h6,8H,4-5H2,1-3H3,(H,9,10). The average molecular weight is 144 g/mol. The number of hydrogen-bond donors (Lipinski definition) is 2. The minimum Gasteiger partial charge on any atom is -0.356 e. The zero-order valence-corrected chi connectivity index (χ0v) is 6.90. The van der Waals surface area contributed by atoms with Crippen molar-refractivity contribution < 1.29 is 4.79 Å². The van der Waals surface area contributed by atoms with Crippen LogP contribution >= 0.6 is 0 Å². The van der Waals surface area contributed by atoms with Gasteiger partial charge >= 0.3 is 0 Å². The lowest BCUT2D eigenvalue weighted by atomic mass is 10.2. The fourth-order valence-corrected chi connectivity index (χ4v) is 0.739. The summed E-state index contributed by atoms with van der Waals surface area (Å²) in [5.74, 6) is 0.553. The lowest BCUT2D eigenvalue weighted by Gasteiger charge is -2.09. The highest BCUT2D eigenvalue weighted by molar-refractivity contribution is 5.72. The summed E-state index contributed by atoms with van der Waals surface area (Å²) < 4.78 is 0. The molecule has 0 aliphatic heterocycles. The molecular weight excluding hydrogens is 128 g/mol. The molecule has 1 amide bonds. The third-order valence-corrected chi connectivity index (χ3v) is 1.25. The van der Waals surface area contributed by atoms with E-state index >= 15 is 0 Å². The molecule has 3 heteroatoms. The molecule has 1 unspecified atom stereocenters. The zero-order valence-electron chi connectivity index (χ0n) is 6.90. The van der Waals surface area contributed by atoms with Gasteiger partial charge in [-0.15, -0.1) is 0 Å². The van der Waals surface area contributed by atoms with E-state index in [1.165, 1.54) is 6.92 Å². The Morgan fingerprint density at radius 3 is 2.50 bits per heavy atom. The average Bonchev–Trinajstić information content (AvgIpc) is 1.85. The lowest BCUT2D eigenvalue weighted by molar-refractivity contribution is -0.119. The van der Waals surface area contributed by atoms with Gasteiger partial charge in [0, 0.05) is 13.5 Å². The van der Waals surface area contributed by atoms with E-state index in [4.69, 9.17) is 0 Å². The summed E-state index contributed by atoms with van der Waals surface area (Å²) in [6.07, 6.45) is 0. The van der Waals surface area contributed by atoms with Crippen molar-refractivity contribution in [3.63, 3.8) is 0 Å². The van der Waals surface area contributed by atoms with E-state index in [0.29, 0.717) is 5.92 Å². The molecule has 0 spiro atoms. The van der Waals surface area contributed by atoms with Gasteiger partial charge in [0.25, 0.3) is 0 Å². The summed E-state index contributed by atoms with van der Waals surface area (Å²) in [7, 11) is 1.91. The molecule has 10 heavy (non-hydrogen) atoms. The Balaban J connectivity index is 3.21. The Kier molecular flexibility index (Phi) is 4.94. The molecule has 0 aliphatic rings. The Hall–Kier alpha value is -0.570. The highest BCUT2D eigenvalue weighted by Crippen LogP contribution is 1.87. The van der Waals surface area contributed by atoms with Crippen LogP contribution in [0.4, 0.5) is 0 Å². The molecule has 0 saturated carbocycles. The first-order valence-electron chi connectivity index (χ1n) is 3.56. The largest absolute Gasteiger partial charge is 0.356 e. The smallest absolute Gasteiger partial charge is 0.216 e. The Morgan fingerprint density at radius 2 is 2.10 bits per heavy atom. The quantitative estimate of drug-likeness (QED) is 0.582. The lowest BCUT2D eigenvalue weighted by Crippen LogP contribution is -2.30. The molecule has 0 aliphatic carbocycles. The van der Waals surface area contributed by atoms with Crippen molar-refractivity contribution in [2.75, 3.05) is 20.1 Å². The molecule has 0 aromatic carbocycles. The predicted molar refractivity (Wildman–Crippen MR) is 41.8 cm³/mol. The molecule has 2 N–H and O–H groups in total. The second-order valence-corrected chi connectivity index (χ2v) is 2.60. The zero-order chi connectivity index (χ0) is 7.98. The van der Waals surface area contributed by atoms with Crippen molar-refractivity contribution in [2.24, 2.45) is 5.92 Å². The first-order chi connectivity index (χ1) is 4.66. The Morgan fingerprint density at radius 1 is 1.50 bits per heavy atom. The van der Waals surface area contributed by atoms with Gasteiger partial charge in [-0.3, -0.25) is 4.79 Å². The van der Waals surface area contributed by atoms with E-state index in [9.17, 15) is 4.79 Å². The second kappa shape index (κ2) is 5.23. The van der Waals surface area contributed by atoms with Gasteiger partial charge in [-0.05, 0) is 19.5 Å². The van der Waals surface area contributed by atoms with Gasteiger partial charge in [0.15, 0.2) is 0 Å². The van der Waals surface area contributed by atoms with Crippen molar-refractivity contribution in [1.29, 1.82) is 0 Å². The number of rotatable bonds is 4. The van der Waals surface area contributed by atoms with E-state index in [2.05, 4.69) is 17.6 Å². The number of amides is 1. The van der Waals surface area contributed by atoms with Crippen LogP contribution in [-0.2, 0) is 4.79 Å². The minimum atomic E-state index is 0.0444. The van der Waals surface area contributed by atoms with Crippen molar-refractivity contribution in [3.05, 3.63) is 0 Å². The maximum atomic E-state index is 10.4. The minimum absolute atomic E-state index is 0.0444. The number of carbonyl (C=O) groups is 1. The fourth-order valence-electron chi connectivity index (χ4n) is 0.739. The van der Waals surface area contributed by atoms with E-state index in [-0.39, 0.29) is 5.91 Å². The van der Waals surface area contributed by atoms with Crippen LogP contribution in [0.3, 0.4) is 0 Å². The van der Waals surface area contributed by atoms with Crippen LogP contribution in [-0.4, -0.2) is 26.0 Å². The van der Waals surface area contributed by atoms with Crippen LogP contribution in [0.15, 0.2) is 0 Å². The predicted octanol–water partition coefficient (Wildman–Crippen LogP) is -0.0220. The fraction of sp³-hybridized carbons (Fsp3) is 0.857. The van der Waals surface area contributed by atoms with Gasteiger partial charge in [0.1, 0.15) is 0 Å². The Bertz CT molecular complexity index is 104. The maximum Gasteiger partial charge on any atom is 0.216 e. The molecule has 0 aromatic rings. The van der Waals surface area contributed by atoms with E-state index in [0.717, 1.165) is 13.1 Å². The van der Waals surface area contributed by atoms with E-state index < -0.39 is 0 Å². The van der Waals surface area contributed by atoms with Crippen molar-refractivity contribution in [2.45, 2.75) is 13.8 Å². The Labute approximate surface area is 62.2 Å². The maximum absolute atomic E-state index is 10.4. The summed E-state index contributed by atoms with van der Waals surface area (Å²) in [4.78, 5) is 10.4. The van der Waals surface area contributed by atoms with Crippen LogP contribution in [0.25, 0.3) is 0 Å². The molecule has 1 atom stereocenters. The van der Waals surface area contributed by atoms with Gasteiger partial charge in [0.2, 0.25) is 5.91 Å². The molecular formula is C7H16N2O. The van der Waals surface area contributed by atoms with Crippen LogP contribution < -0.4 is 10.6 Å². The number of hydrogen-bond acceptors (Lipinski definition) is 2. The first kappa shape index (κ1) is 9.43. The molecule has 0 heterocycles. The number of nitrogens with one attached hydrogen (secondary N) is 2. The highest BCUT2D eigenvalue weighted by atomic mass is 16.1. The van der Waals surface area contributed by atoms with Gasteiger partial charge < -0.3 is 10.6 Å². The third kappa shape index (κ3) is 5.56. The topological polar surface area (TPSA) is 41.1 Å². The van der Waals surface area contributed by atoms with Crippen molar-refractivity contribution in [3.8, 4) is 0 Å². The molecule has 0 aromatic heterocycles. The molecule has 0 radical (unpaired) electrons. The van der Waals surface area contributed by atoms with Gasteiger partial charge in [0.05, 0.1) is 0 Å². The normalized spacial score (nSPS) is 12.7. The molecule has 0 saturated heterocycles. The van der Waals surface area contributed by atoms with E-state index in [1.54, 1.807) is 0 Å². The molecule has 60 valence electrons. The van der Waals surface area contributed by atoms with E-state index in [1.807, 2.05) is 7.05 Å². The molecule has 0 fully saturated rings. The first-order valence-corrected chi connectivity index (χ1v) is 3.56. The monoisotopic (exact) mass is 144 g/mol. The summed E-state index contributed by atoms with van der Waals surface area (Å²) in [6, 6.07) is 0. The van der Waals surface area contributed by atoms with Gasteiger partial charge in [-0.1, -0.05) is 6.92 Å². The summed E-state index contributed by atoms with van der Waals surface area (Å²) in [5.41, 5.74) is 0. The summed E-state index contributed by atoms with van der Waals surface area (Å²) >= 11 is 0. The van der Waals surface area contributed by atoms with Crippen LogP contribution in [0.2, 0.25) is 0 Å². The van der Waals surface area contributed by atoms with Gasteiger partial charge in [-0.2, -0.15) is 0 Å². The summed E-state index contributed by atoms with van der Waals surface area (Å²) in [5, 5.41) is 5.79. The van der Waals surface area contributed by atoms with Crippen molar-refractivity contribution in [1.82, 2.24) is 10.6 Å². The van der Waals surface area contributed by atoms with Gasteiger partial charge in [-0.25, -0.2) is 0 Å². The molecule has 0 bridgehead atoms. The highest BCUT2D eigenvalue weighted by Gasteiger charge is 1.99. The van der Waals surface area contributed by atoms with Crippen LogP contribution in [0.5, 0.6) is 0 Å². The van der Waals surface area contributed by atoms with Crippen LogP contribution in [0.1, 0.15) is 13.8 Å². The SMILES string of the molecule is CNCC(C)CNC(C)=O. The third-order valence-electron chi connectivity index (χ3n) is 1.25. The molecule has 3 nitrogen and oxygen atoms in total. The van der Waals surface area contributed by atoms with Crippen LogP contribution in [0, 0.1) is 5.92 Å². The second-order valence-electron chi connectivity index (χ2n) is 2.60. The number of carbonyl (C=O) groups excluding carboxylic acids is 1. The molecule has 0 rings (SSSR count).